The minimum Gasteiger partial charge on any atom is -0.375 e. The molecule has 6 heteroatoms. The fraction of sp³-hybridized carbons (Fsp3) is 0.727. The molecule has 6 nitrogen and oxygen atoms in total. The second-order valence-electron chi connectivity index (χ2n) is 4.16. The first-order valence-electron chi connectivity index (χ1n) is 5.56. The molecule has 17 heavy (non-hydrogen) atoms. The molecule has 0 aliphatic rings. The van der Waals surface area contributed by atoms with Gasteiger partial charge in [-0.2, -0.15) is 5.26 Å². The van der Waals surface area contributed by atoms with Crippen LogP contribution in [-0.2, 0) is 17.7 Å². The highest BCUT2D eigenvalue weighted by atomic mass is 16.5. The second-order valence-corrected chi connectivity index (χ2v) is 4.16. The van der Waals surface area contributed by atoms with E-state index in [1.807, 2.05) is 25.7 Å². The molecule has 94 valence electrons. The Bertz CT molecular complexity index is 393. The van der Waals surface area contributed by atoms with E-state index in [4.69, 9.17) is 10.00 Å². The molecular weight excluding hydrogens is 218 g/mol. The van der Waals surface area contributed by atoms with Crippen LogP contribution in [0.2, 0.25) is 0 Å². The van der Waals surface area contributed by atoms with E-state index in [0.29, 0.717) is 5.69 Å². The molecule has 0 aliphatic carbocycles. The Kier molecular flexibility index (Phi) is 5.07. The first-order chi connectivity index (χ1) is 8.10. The number of aromatic nitrogens is 3. The van der Waals surface area contributed by atoms with Crippen molar-refractivity contribution in [1.29, 1.82) is 5.26 Å². The summed E-state index contributed by atoms with van der Waals surface area (Å²) in [7, 11) is 5.66. The fourth-order valence-electron chi connectivity index (χ4n) is 1.57. The molecule has 0 aliphatic heterocycles. The molecule has 1 atom stereocenters. The normalized spacial score (nSPS) is 12.7. The van der Waals surface area contributed by atoms with Gasteiger partial charge in [-0.1, -0.05) is 5.21 Å². The number of nitriles is 1. The molecule has 1 aromatic heterocycles. The van der Waals surface area contributed by atoms with Crippen molar-refractivity contribution in [2.75, 3.05) is 27.7 Å². The van der Waals surface area contributed by atoms with Crippen LogP contribution < -0.4 is 0 Å². The summed E-state index contributed by atoms with van der Waals surface area (Å²) in [5.41, 5.74) is 1.61. The van der Waals surface area contributed by atoms with Crippen LogP contribution in [-0.4, -0.2) is 47.6 Å². The highest BCUT2D eigenvalue weighted by Crippen LogP contribution is 2.19. The topological polar surface area (TPSA) is 67.0 Å². The van der Waals surface area contributed by atoms with Gasteiger partial charge >= 0.3 is 0 Å². The molecule has 1 heterocycles. The fourth-order valence-corrected chi connectivity index (χ4v) is 1.57. The van der Waals surface area contributed by atoms with Crippen LogP contribution in [0.15, 0.2) is 0 Å². The van der Waals surface area contributed by atoms with Crippen LogP contribution in [0, 0.1) is 11.3 Å². The predicted octanol–water partition coefficient (Wildman–Crippen LogP) is 0.613. The number of hydrogen-bond acceptors (Lipinski definition) is 5. The Hall–Kier alpha value is -1.45. The van der Waals surface area contributed by atoms with Crippen molar-refractivity contribution < 1.29 is 4.74 Å². The number of hydrogen-bond donors (Lipinski definition) is 0. The van der Waals surface area contributed by atoms with Gasteiger partial charge in [-0.05, 0) is 21.0 Å². The van der Waals surface area contributed by atoms with E-state index in [0.717, 1.165) is 18.8 Å². The number of methoxy groups -OCH3 is 1. The van der Waals surface area contributed by atoms with E-state index >= 15 is 0 Å². The first-order valence-corrected chi connectivity index (χ1v) is 5.56. The van der Waals surface area contributed by atoms with Gasteiger partial charge in [0.25, 0.3) is 0 Å². The lowest BCUT2D eigenvalue weighted by atomic mass is 10.2. The van der Waals surface area contributed by atoms with E-state index in [1.165, 1.54) is 0 Å². The highest BCUT2D eigenvalue weighted by molar-refractivity contribution is 5.16. The maximum atomic E-state index is 8.75. The first kappa shape index (κ1) is 13.6. The summed E-state index contributed by atoms with van der Waals surface area (Å²) < 4.78 is 7.13. The Morgan fingerprint density at radius 2 is 2.24 bits per heavy atom. The van der Waals surface area contributed by atoms with E-state index in [9.17, 15) is 0 Å². The average Bonchev–Trinajstić information content (AvgIpc) is 2.69. The quantitative estimate of drug-likeness (QED) is 0.725. The lowest BCUT2D eigenvalue weighted by Crippen LogP contribution is -2.21. The van der Waals surface area contributed by atoms with Crippen LogP contribution in [0.4, 0.5) is 0 Å². The van der Waals surface area contributed by atoms with Crippen LogP contribution >= 0.6 is 0 Å². The summed E-state index contributed by atoms with van der Waals surface area (Å²) in [6, 6.07) is 2.10. The predicted molar refractivity (Wildman–Crippen MR) is 63.3 cm³/mol. The van der Waals surface area contributed by atoms with Crippen molar-refractivity contribution >= 4 is 0 Å². The molecular formula is C11H19N5O. The highest BCUT2D eigenvalue weighted by Gasteiger charge is 2.18. The lowest BCUT2D eigenvalue weighted by Gasteiger charge is -2.15. The Balaban J connectivity index is 2.92. The van der Waals surface area contributed by atoms with Gasteiger partial charge in [0, 0.05) is 13.7 Å². The molecule has 1 rings (SSSR count). The SMILES string of the molecule is COC(C)c1c(CC#N)nnn1CCN(C)C. The summed E-state index contributed by atoms with van der Waals surface area (Å²) in [4.78, 5) is 2.08. The molecule has 0 radical (unpaired) electrons. The monoisotopic (exact) mass is 237 g/mol. The smallest absolute Gasteiger partial charge is 0.103 e. The molecule has 1 aromatic rings. The van der Waals surface area contributed by atoms with Gasteiger partial charge in [0.1, 0.15) is 5.69 Å². The van der Waals surface area contributed by atoms with Crippen LogP contribution in [0.3, 0.4) is 0 Å². The maximum Gasteiger partial charge on any atom is 0.103 e. The third kappa shape index (κ3) is 3.51. The van der Waals surface area contributed by atoms with Gasteiger partial charge in [-0.25, -0.2) is 4.68 Å². The Morgan fingerprint density at radius 3 is 2.76 bits per heavy atom. The maximum absolute atomic E-state index is 8.75. The molecule has 0 saturated carbocycles. The zero-order valence-corrected chi connectivity index (χ0v) is 10.8. The molecule has 0 spiro atoms. The number of ether oxygens (including phenoxy) is 1. The summed E-state index contributed by atoms with van der Waals surface area (Å²) in [5.74, 6) is 0. The lowest BCUT2D eigenvalue weighted by molar-refractivity contribution is 0.110. The number of nitrogens with zero attached hydrogens (tertiary/aromatic N) is 5. The zero-order chi connectivity index (χ0) is 12.8. The van der Waals surface area contributed by atoms with Crippen molar-refractivity contribution in [1.82, 2.24) is 19.9 Å². The Labute approximate surface area is 102 Å². The van der Waals surface area contributed by atoms with Crippen molar-refractivity contribution in [3.8, 4) is 6.07 Å². The molecule has 1 unspecified atom stereocenters. The van der Waals surface area contributed by atoms with Crippen LogP contribution in [0.1, 0.15) is 24.4 Å². The minimum atomic E-state index is -0.101. The summed E-state index contributed by atoms with van der Waals surface area (Å²) >= 11 is 0. The molecule has 0 saturated heterocycles. The van der Waals surface area contributed by atoms with Crippen LogP contribution in [0.5, 0.6) is 0 Å². The number of rotatable bonds is 6. The largest absolute Gasteiger partial charge is 0.375 e. The van der Waals surface area contributed by atoms with Crippen molar-refractivity contribution in [3.05, 3.63) is 11.4 Å². The summed E-state index contributed by atoms with van der Waals surface area (Å²) in [6.45, 7) is 3.55. The van der Waals surface area contributed by atoms with Gasteiger partial charge in [-0.15, -0.1) is 5.10 Å². The third-order valence-electron chi connectivity index (χ3n) is 2.59. The second kappa shape index (κ2) is 6.33. The molecule has 0 fully saturated rings. The number of likely N-dealkylation sites (N-methyl/N-ethyl adjacent to an activating group) is 1. The molecule has 0 amide bonds. The summed E-state index contributed by atoms with van der Waals surface area (Å²) in [6.07, 6.45) is 0.167. The van der Waals surface area contributed by atoms with Gasteiger partial charge in [0.15, 0.2) is 0 Å². The summed E-state index contributed by atoms with van der Waals surface area (Å²) in [5, 5.41) is 16.9. The Morgan fingerprint density at radius 1 is 1.53 bits per heavy atom. The zero-order valence-electron chi connectivity index (χ0n) is 10.8. The van der Waals surface area contributed by atoms with Gasteiger partial charge in [-0.3, -0.25) is 0 Å². The van der Waals surface area contributed by atoms with Gasteiger partial charge in [0.05, 0.1) is 30.8 Å². The minimum absolute atomic E-state index is 0.101. The molecule has 0 bridgehead atoms. The van der Waals surface area contributed by atoms with Crippen molar-refractivity contribution in [2.45, 2.75) is 26.0 Å². The average molecular weight is 237 g/mol. The van der Waals surface area contributed by atoms with Gasteiger partial charge < -0.3 is 9.64 Å². The van der Waals surface area contributed by atoms with Gasteiger partial charge in [0.2, 0.25) is 0 Å². The third-order valence-corrected chi connectivity index (χ3v) is 2.59. The molecule has 0 N–H and O–H groups in total. The van der Waals surface area contributed by atoms with Crippen LogP contribution in [0.25, 0.3) is 0 Å². The van der Waals surface area contributed by atoms with Crippen molar-refractivity contribution in [3.63, 3.8) is 0 Å². The van der Waals surface area contributed by atoms with E-state index in [1.54, 1.807) is 7.11 Å². The van der Waals surface area contributed by atoms with E-state index < -0.39 is 0 Å². The standard InChI is InChI=1S/C11H19N5O/c1-9(17-4)11-10(5-6-12)13-14-16(11)8-7-15(2)3/h9H,5,7-8H2,1-4H3. The van der Waals surface area contributed by atoms with E-state index in [-0.39, 0.29) is 12.5 Å². The van der Waals surface area contributed by atoms with Crippen molar-refractivity contribution in [2.24, 2.45) is 0 Å². The molecule has 0 aromatic carbocycles. The van der Waals surface area contributed by atoms with E-state index in [2.05, 4.69) is 21.3 Å².